The Bertz CT molecular complexity index is 906. The number of rotatable bonds is 6. The van der Waals surface area contributed by atoms with Gasteiger partial charge in [-0.05, 0) is 36.5 Å². The lowest BCUT2D eigenvalue weighted by Gasteiger charge is -2.19. The van der Waals surface area contributed by atoms with Gasteiger partial charge in [0.15, 0.2) is 0 Å². The number of aromatic nitrogens is 2. The summed E-state index contributed by atoms with van der Waals surface area (Å²) in [4.78, 5) is 32.6. The third-order valence-electron chi connectivity index (χ3n) is 4.24. The molecule has 1 amide bonds. The zero-order chi connectivity index (χ0) is 20.5. The fraction of sp³-hybridized carbons (Fsp3) is 0.389. The molecule has 0 radical (unpaired) electrons. The first-order valence-corrected chi connectivity index (χ1v) is 8.57. The Kier molecular flexibility index (Phi) is 5.30. The summed E-state index contributed by atoms with van der Waals surface area (Å²) in [5, 5.41) is 2.84. The second-order valence-electron chi connectivity index (χ2n) is 6.75. The summed E-state index contributed by atoms with van der Waals surface area (Å²) < 4.78 is 40.8. The molecule has 1 saturated carbocycles. The normalized spacial score (nSPS) is 15.0. The molecule has 10 heteroatoms. The van der Waals surface area contributed by atoms with Gasteiger partial charge < -0.3 is 15.0 Å². The van der Waals surface area contributed by atoms with Crippen molar-refractivity contribution in [1.29, 1.82) is 0 Å². The maximum Gasteiger partial charge on any atom is 0.573 e. The van der Waals surface area contributed by atoms with Crippen LogP contribution < -0.4 is 20.5 Å². The minimum atomic E-state index is -4.76. The van der Waals surface area contributed by atoms with Crippen LogP contribution in [0.25, 0.3) is 0 Å². The molecule has 1 aliphatic rings. The molecule has 1 heterocycles. The molecular weight excluding hydrogens is 377 g/mol. The Labute approximate surface area is 158 Å². The number of halogens is 3. The van der Waals surface area contributed by atoms with Gasteiger partial charge >= 0.3 is 6.36 Å². The van der Waals surface area contributed by atoms with E-state index in [2.05, 4.69) is 20.0 Å². The number of nitrogens with zero attached hydrogens (tertiary/aromatic N) is 2. The van der Waals surface area contributed by atoms with Crippen LogP contribution in [0.5, 0.6) is 5.75 Å². The number of hydrogen-bond acceptors (Lipinski definition) is 5. The van der Waals surface area contributed by atoms with Gasteiger partial charge in [0.2, 0.25) is 5.95 Å². The number of ether oxygens (including phenoxy) is 1. The second-order valence-corrected chi connectivity index (χ2v) is 6.75. The Hall–Kier alpha value is -3.04. The summed E-state index contributed by atoms with van der Waals surface area (Å²) in [7, 11) is 3.36. The highest BCUT2D eigenvalue weighted by atomic mass is 19.4. The summed E-state index contributed by atoms with van der Waals surface area (Å²) >= 11 is 0. The number of carbonyl (C=O) groups excluding carboxylic acids is 1. The number of anilines is 1. The first-order valence-electron chi connectivity index (χ1n) is 8.57. The highest BCUT2D eigenvalue weighted by Gasteiger charge is 2.35. The lowest BCUT2D eigenvalue weighted by molar-refractivity contribution is -0.274. The maximum absolute atomic E-state index is 12.6. The average molecular weight is 396 g/mol. The van der Waals surface area contributed by atoms with Crippen molar-refractivity contribution >= 4 is 11.9 Å². The second kappa shape index (κ2) is 7.53. The molecule has 1 unspecified atom stereocenters. The molecule has 7 nitrogen and oxygen atoms in total. The fourth-order valence-electron chi connectivity index (χ4n) is 2.77. The van der Waals surface area contributed by atoms with Gasteiger partial charge in [-0.2, -0.15) is 0 Å². The monoisotopic (exact) mass is 396 g/mol. The van der Waals surface area contributed by atoms with Gasteiger partial charge in [-0.25, -0.2) is 4.98 Å². The van der Waals surface area contributed by atoms with Crippen molar-refractivity contribution in [1.82, 2.24) is 15.3 Å². The molecule has 0 aliphatic heterocycles. The molecule has 1 aromatic heterocycles. The van der Waals surface area contributed by atoms with E-state index in [9.17, 15) is 22.8 Å². The Morgan fingerprint density at radius 1 is 1.29 bits per heavy atom. The van der Waals surface area contributed by atoms with Gasteiger partial charge in [0.05, 0.1) is 6.04 Å². The van der Waals surface area contributed by atoms with E-state index in [4.69, 9.17) is 0 Å². The van der Waals surface area contributed by atoms with E-state index in [1.54, 1.807) is 19.0 Å². The Morgan fingerprint density at radius 2 is 1.93 bits per heavy atom. The van der Waals surface area contributed by atoms with E-state index in [1.165, 1.54) is 24.3 Å². The fourth-order valence-corrected chi connectivity index (χ4v) is 2.77. The molecule has 150 valence electrons. The third kappa shape index (κ3) is 5.02. The highest BCUT2D eigenvalue weighted by molar-refractivity contribution is 5.92. The number of aromatic amines is 1. The molecule has 3 rings (SSSR count). The standard InChI is InChI=1S/C18H19F3N4O3/c1-25(2)17-22-13(9-14(26)23-17)16(27)24-15(10-3-4-10)11-5-7-12(8-6-11)28-18(19,20)21/h5-10,15H,3-4H2,1-2H3,(H,24,27)(H,22,23,26). The number of nitrogens with one attached hydrogen (secondary N) is 2. The molecule has 0 spiro atoms. The zero-order valence-electron chi connectivity index (χ0n) is 15.2. The number of amides is 1. The number of H-pyrrole nitrogens is 1. The molecule has 0 saturated heterocycles. The number of benzene rings is 1. The van der Waals surface area contributed by atoms with Crippen molar-refractivity contribution in [2.75, 3.05) is 19.0 Å². The summed E-state index contributed by atoms with van der Waals surface area (Å²) in [6, 6.07) is 6.10. The number of hydrogen-bond donors (Lipinski definition) is 2. The van der Waals surface area contributed by atoms with E-state index in [1.807, 2.05) is 0 Å². The van der Waals surface area contributed by atoms with Crippen LogP contribution >= 0.6 is 0 Å². The quantitative estimate of drug-likeness (QED) is 0.784. The molecule has 1 atom stereocenters. The first-order chi connectivity index (χ1) is 13.1. The maximum atomic E-state index is 12.6. The SMILES string of the molecule is CN(C)c1nc(C(=O)NC(c2ccc(OC(F)(F)F)cc2)C2CC2)cc(=O)[nH]1. The molecule has 2 N–H and O–H groups in total. The summed E-state index contributed by atoms with van der Waals surface area (Å²) in [5.74, 6) is -0.436. The largest absolute Gasteiger partial charge is 0.573 e. The predicted octanol–water partition coefficient (Wildman–Crippen LogP) is 2.62. The van der Waals surface area contributed by atoms with Crippen LogP contribution in [-0.2, 0) is 0 Å². The van der Waals surface area contributed by atoms with Crippen LogP contribution in [0.4, 0.5) is 19.1 Å². The molecule has 28 heavy (non-hydrogen) atoms. The lowest BCUT2D eigenvalue weighted by Crippen LogP contribution is -2.32. The molecular formula is C18H19F3N4O3. The summed E-state index contributed by atoms with van der Waals surface area (Å²) in [6.45, 7) is 0. The Morgan fingerprint density at radius 3 is 2.46 bits per heavy atom. The minimum absolute atomic E-state index is 0.0323. The molecule has 1 aliphatic carbocycles. The smallest absolute Gasteiger partial charge is 0.406 e. The van der Waals surface area contributed by atoms with Gasteiger partial charge in [0.1, 0.15) is 11.4 Å². The van der Waals surface area contributed by atoms with Gasteiger partial charge in [0, 0.05) is 20.2 Å². The van der Waals surface area contributed by atoms with E-state index in [0.29, 0.717) is 5.56 Å². The van der Waals surface area contributed by atoms with Gasteiger partial charge in [-0.3, -0.25) is 14.6 Å². The average Bonchev–Trinajstić information content (AvgIpc) is 3.43. The lowest BCUT2D eigenvalue weighted by atomic mass is 10.0. The van der Waals surface area contributed by atoms with Gasteiger partial charge in [-0.1, -0.05) is 12.1 Å². The molecule has 1 aromatic carbocycles. The molecule has 1 fully saturated rings. The van der Waals surface area contributed by atoms with Crippen molar-refractivity contribution in [3.8, 4) is 5.75 Å². The molecule has 0 bridgehead atoms. The number of carbonyl (C=O) groups is 1. The third-order valence-corrected chi connectivity index (χ3v) is 4.24. The first kappa shape index (κ1) is 19.7. The molecule has 2 aromatic rings. The van der Waals surface area contributed by atoms with Crippen LogP contribution in [0.15, 0.2) is 35.1 Å². The van der Waals surface area contributed by atoms with E-state index in [-0.39, 0.29) is 23.3 Å². The van der Waals surface area contributed by atoms with E-state index < -0.39 is 23.9 Å². The van der Waals surface area contributed by atoms with Crippen LogP contribution in [0, 0.1) is 5.92 Å². The topological polar surface area (TPSA) is 87.3 Å². The van der Waals surface area contributed by atoms with Crippen molar-refractivity contribution in [2.24, 2.45) is 5.92 Å². The van der Waals surface area contributed by atoms with Crippen LogP contribution in [0.1, 0.15) is 34.9 Å². The van der Waals surface area contributed by atoms with Crippen LogP contribution in [-0.4, -0.2) is 36.3 Å². The van der Waals surface area contributed by atoms with Gasteiger partial charge in [-0.15, -0.1) is 13.2 Å². The van der Waals surface area contributed by atoms with Crippen molar-refractivity contribution in [2.45, 2.75) is 25.2 Å². The van der Waals surface area contributed by atoms with Crippen molar-refractivity contribution < 1.29 is 22.7 Å². The summed E-state index contributed by atoms with van der Waals surface area (Å²) in [5.41, 5.74) is 0.165. The predicted molar refractivity (Wildman–Crippen MR) is 95.2 cm³/mol. The summed E-state index contributed by atoms with van der Waals surface area (Å²) in [6.07, 6.45) is -2.99. The zero-order valence-corrected chi connectivity index (χ0v) is 15.2. The van der Waals surface area contributed by atoms with E-state index >= 15 is 0 Å². The van der Waals surface area contributed by atoms with Crippen molar-refractivity contribution in [3.05, 3.63) is 51.9 Å². The van der Waals surface area contributed by atoms with Crippen molar-refractivity contribution in [3.63, 3.8) is 0 Å². The van der Waals surface area contributed by atoms with E-state index in [0.717, 1.165) is 18.9 Å². The van der Waals surface area contributed by atoms with Crippen LogP contribution in [0.3, 0.4) is 0 Å². The van der Waals surface area contributed by atoms with Crippen LogP contribution in [0.2, 0.25) is 0 Å². The minimum Gasteiger partial charge on any atom is -0.406 e. The Balaban J connectivity index is 1.79. The highest BCUT2D eigenvalue weighted by Crippen LogP contribution is 2.41. The number of alkyl halides is 3. The van der Waals surface area contributed by atoms with Gasteiger partial charge in [0.25, 0.3) is 11.5 Å².